The number of nitrogens with zero attached hydrogens (tertiary/aromatic N) is 1. The second kappa shape index (κ2) is 7.41. The second-order valence-corrected chi connectivity index (χ2v) is 8.31. The van der Waals surface area contributed by atoms with Crippen LogP contribution in [0.1, 0.15) is 33.6 Å². The lowest BCUT2D eigenvalue weighted by Gasteiger charge is -2.30. The molecule has 3 amide bonds. The molecule has 3 aliphatic heterocycles. The van der Waals surface area contributed by atoms with Gasteiger partial charge in [0.25, 0.3) is 0 Å². The Labute approximate surface area is 161 Å². The SMILES string of the molecule is CCOC(=O)C1=C(COC(=O)[C@@H]2CS[C@]3(C)CCC(=O)N23)NC(=O)N[C@@H]1C. The first-order valence-corrected chi connectivity index (χ1v) is 9.86. The van der Waals surface area contributed by atoms with Crippen LogP contribution in [0.2, 0.25) is 0 Å². The molecular weight excluding hydrogens is 374 g/mol. The summed E-state index contributed by atoms with van der Waals surface area (Å²) in [6.45, 7) is 5.19. The van der Waals surface area contributed by atoms with Gasteiger partial charge in [-0.2, -0.15) is 0 Å². The number of fused-ring (bicyclic) bond motifs is 1. The van der Waals surface area contributed by atoms with E-state index in [0.29, 0.717) is 18.6 Å². The molecule has 2 fully saturated rings. The number of esters is 2. The Bertz CT molecular complexity index is 723. The molecule has 3 heterocycles. The number of urea groups is 1. The van der Waals surface area contributed by atoms with Gasteiger partial charge in [0.2, 0.25) is 5.91 Å². The van der Waals surface area contributed by atoms with Gasteiger partial charge < -0.3 is 25.0 Å². The molecule has 0 spiro atoms. The summed E-state index contributed by atoms with van der Waals surface area (Å²) >= 11 is 1.57. The molecule has 0 aromatic heterocycles. The summed E-state index contributed by atoms with van der Waals surface area (Å²) in [5, 5.41) is 5.09. The van der Waals surface area contributed by atoms with Crippen molar-refractivity contribution >= 4 is 35.6 Å². The van der Waals surface area contributed by atoms with E-state index in [1.165, 1.54) is 0 Å². The third-order valence-corrected chi connectivity index (χ3v) is 6.45. The average Bonchev–Trinajstić information content (AvgIpc) is 3.08. The van der Waals surface area contributed by atoms with Gasteiger partial charge in [-0.1, -0.05) is 0 Å². The van der Waals surface area contributed by atoms with Gasteiger partial charge in [0, 0.05) is 12.2 Å². The van der Waals surface area contributed by atoms with Crippen LogP contribution in [0.5, 0.6) is 0 Å². The molecule has 27 heavy (non-hydrogen) atoms. The van der Waals surface area contributed by atoms with Crippen molar-refractivity contribution in [2.75, 3.05) is 19.0 Å². The molecule has 0 aliphatic carbocycles. The molecule has 0 saturated carbocycles. The summed E-state index contributed by atoms with van der Waals surface area (Å²) in [5.74, 6) is -0.714. The predicted molar refractivity (Wildman–Crippen MR) is 96.5 cm³/mol. The highest BCUT2D eigenvalue weighted by molar-refractivity contribution is 8.01. The highest BCUT2D eigenvalue weighted by atomic mass is 32.2. The van der Waals surface area contributed by atoms with Crippen LogP contribution in [-0.2, 0) is 23.9 Å². The number of amides is 3. The van der Waals surface area contributed by atoms with E-state index in [0.717, 1.165) is 0 Å². The molecule has 0 bridgehead atoms. The molecule has 3 aliphatic rings. The quantitative estimate of drug-likeness (QED) is 0.650. The van der Waals surface area contributed by atoms with Gasteiger partial charge in [-0.3, -0.25) is 4.79 Å². The van der Waals surface area contributed by atoms with Crippen LogP contribution in [-0.4, -0.2) is 64.7 Å². The zero-order valence-corrected chi connectivity index (χ0v) is 16.3. The van der Waals surface area contributed by atoms with Crippen LogP contribution in [0.4, 0.5) is 4.79 Å². The van der Waals surface area contributed by atoms with Crippen molar-refractivity contribution in [3.05, 3.63) is 11.3 Å². The van der Waals surface area contributed by atoms with Gasteiger partial charge in [-0.25, -0.2) is 14.4 Å². The average molecular weight is 397 g/mol. The zero-order valence-electron chi connectivity index (χ0n) is 15.5. The molecule has 3 atom stereocenters. The van der Waals surface area contributed by atoms with Crippen LogP contribution in [0, 0.1) is 0 Å². The van der Waals surface area contributed by atoms with Gasteiger partial charge in [-0.15, -0.1) is 11.8 Å². The summed E-state index contributed by atoms with van der Waals surface area (Å²) in [6, 6.07) is -1.71. The van der Waals surface area contributed by atoms with E-state index in [-0.39, 0.29) is 35.3 Å². The highest BCUT2D eigenvalue weighted by Gasteiger charge is 2.53. The summed E-state index contributed by atoms with van der Waals surface area (Å²) in [5.41, 5.74) is 0.409. The zero-order chi connectivity index (χ0) is 19.8. The Kier molecular flexibility index (Phi) is 5.36. The Hall–Kier alpha value is -2.23. The highest BCUT2D eigenvalue weighted by Crippen LogP contribution is 2.47. The standard InChI is InChI=1S/C17H23N3O6S/c1-4-25-15(23)13-9(2)18-16(24)19-10(13)7-26-14(22)11-8-27-17(3)6-5-12(21)20(11)17/h9,11H,4-8H2,1-3H3,(H2,18,19,24)/t9-,11+,17-/m1/s1. The molecule has 148 valence electrons. The fraction of sp³-hybridized carbons (Fsp3) is 0.647. The van der Waals surface area contributed by atoms with E-state index in [1.807, 2.05) is 6.92 Å². The van der Waals surface area contributed by atoms with Crippen molar-refractivity contribution < 1.29 is 28.7 Å². The van der Waals surface area contributed by atoms with Gasteiger partial charge in [-0.05, 0) is 27.2 Å². The molecule has 0 radical (unpaired) electrons. The number of carbonyl (C=O) groups excluding carboxylic acids is 4. The Morgan fingerprint density at radius 2 is 2.07 bits per heavy atom. The van der Waals surface area contributed by atoms with Crippen LogP contribution in [0.25, 0.3) is 0 Å². The lowest BCUT2D eigenvalue weighted by atomic mass is 10.0. The molecule has 10 heteroatoms. The number of nitrogens with one attached hydrogen (secondary N) is 2. The summed E-state index contributed by atoms with van der Waals surface area (Å²) < 4.78 is 10.4. The third-order valence-electron chi connectivity index (χ3n) is 4.94. The van der Waals surface area contributed by atoms with E-state index >= 15 is 0 Å². The first kappa shape index (κ1) is 19.5. The first-order valence-electron chi connectivity index (χ1n) is 8.87. The first-order chi connectivity index (χ1) is 12.8. The molecule has 2 N–H and O–H groups in total. The minimum atomic E-state index is -0.656. The monoisotopic (exact) mass is 397 g/mol. The fourth-order valence-corrected chi connectivity index (χ4v) is 5.04. The Morgan fingerprint density at radius 1 is 1.33 bits per heavy atom. The smallest absolute Gasteiger partial charge is 0.338 e. The van der Waals surface area contributed by atoms with Crippen molar-refractivity contribution in [3.8, 4) is 0 Å². The summed E-state index contributed by atoms with van der Waals surface area (Å²) in [4.78, 5) is 49.9. The molecule has 0 unspecified atom stereocenters. The third kappa shape index (κ3) is 3.62. The molecular formula is C17H23N3O6S. The van der Waals surface area contributed by atoms with E-state index in [2.05, 4.69) is 10.6 Å². The summed E-state index contributed by atoms with van der Waals surface area (Å²) in [6.07, 6.45) is 1.13. The fourth-order valence-electron chi connectivity index (χ4n) is 3.63. The van der Waals surface area contributed by atoms with Crippen molar-refractivity contribution in [2.45, 2.75) is 50.6 Å². The molecule has 2 saturated heterocycles. The van der Waals surface area contributed by atoms with Crippen LogP contribution < -0.4 is 10.6 Å². The maximum absolute atomic E-state index is 12.6. The number of ether oxygens (including phenoxy) is 2. The minimum absolute atomic E-state index is 0.0559. The lowest BCUT2D eigenvalue weighted by Crippen LogP contribution is -2.50. The van der Waals surface area contributed by atoms with Crippen molar-refractivity contribution in [3.63, 3.8) is 0 Å². The Balaban J connectivity index is 1.72. The van der Waals surface area contributed by atoms with Crippen LogP contribution in [0.3, 0.4) is 0 Å². The van der Waals surface area contributed by atoms with Gasteiger partial charge >= 0.3 is 18.0 Å². The molecule has 0 aromatic rings. The van der Waals surface area contributed by atoms with E-state index < -0.39 is 30.1 Å². The molecule has 9 nitrogen and oxygen atoms in total. The minimum Gasteiger partial charge on any atom is -0.463 e. The van der Waals surface area contributed by atoms with Crippen molar-refractivity contribution in [1.29, 1.82) is 0 Å². The summed E-state index contributed by atoms with van der Waals surface area (Å²) in [7, 11) is 0. The van der Waals surface area contributed by atoms with Crippen molar-refractivity contribution in [1.82, 2.24) is 15.5 Å². The van der Waals surface area contributed by atoms with Crippen LogP contribution in [0.15, 0.2) is 11.3 Å². The Morgan fingerprint density at radius 3 is 2.78 bits per heavy atom. The van der Waals surface area contributed by atoms with E-state index in [9.17, 15) is 19.2 Å². The number of carbonyl (C=O) groups is 4. The van der Waals surface area contributed by atoms with Gasteiger partial charge in [0.05, 0.1) is 28.8 Å². The van der Waals surface area contributed by atoms with E-state index in [1.54, 1.807) is 30.5 Å². The maximum Gasteiger partial charge on any atom is 0.338 e. The van der Waals surface area contributed by atoms with E-state index in [4.69, 9.17) is 9.47 Å². The number of thioether (sulfide) groups is 1. The van der Waals surface area contributed by atoms with Crippen LogP contribution >= 0.6 is 11.8 Å². The maximum atomic E-state index is 12.6. The normalized spacial score (nSPS) is 30.0. The number of rotatable bonds is 5. The number of hydrogen-bond acceptors (Lipinski definition) is 7. The second-order valence-electron chi connectivity index (χ2n) is 6.81. The topological polar surface area (TPSA) is 114 Å². The largest absolute Gasteiger partial charge is 0.463 e. The lowest BCUT2D eigenvalue weighted by molar-refractivity contribution is -0.153. The van der Waals surface area contributed by atoms with Crippen molar-refractivity contribution in [2.24, 2.45) is 0 Å². The number of hydrogen-bond donors (Lipinski definition) is 2. The van der Waals surface area contributed by atoms with Gasteiger partial charge in [0.15, 0.2) is 0 Å². The molecule has 0 aromatic carbocycles. The predicted octanol–water partition coefficient (Wildman–Crippen LogP) is 0.502. The van der Waals surface area contributed by atoms with Gasteiger partial charge in [0.1, 0.15) is 12.6 Å². The molecule has 3 rings (SSSR count).